The first kappa shape index (κ1) is 14.0. The third kappa shape index (κ3) is 2.48. The van der Waals surface area contributed by atoms with Crippen LogP contribution in [-0.4, -0.2) is 38.1 Å². The lowest BCUT2D eigenvalue weighted by Crippen LogP contribution is -2.42. The number of carbonyl (C=O) groups is 2. The molecule has 0 saturated heterocycles. The van der Waals surface area contributed by atoms with E-state index in [0.717, 1.165) is 12.8 Å². The summed E-state index contributed by atoms with van der Waals surface area (Å²) in [5.74, 6) is -1.83. The number of H-pyrrole nitrogens is 1. The Hall–Kier alpha value is -2.97. The standard InChI is InChI=1S/C13H12N4O5/c18-12(14-10(13(19)20)6-1-2-6)11-8-5-7(17(21)22)3-4-9(8)15-16-11/h3-6,10H,1-2H2,(H,14,18)(H,15,16)(H,19,20). The third-order valence-corrected chi connectivity index (χ3v) is 3.62. The van der Waals surface area contributed by atoms with Crippen molar-refractivity contribution in [2.24, 2.45) is 5.92 Å². The minimum absolute atomic E-state index is 0.0504. The van der Waals surface area contributed by atoms with Crippen LogP contribution in [0.5, 0.6) is 0 Å². The van der Waals surface area contributed by atoms with Gasteiger partial charge >= 0.3 is 5.97 Å². The van der Waals surface area contributed by atoms with Crippen molar-refractivity contribution in [3.63, 3.8) is 0 Å². The summed E-state index contributed by atoms with van der Waals surface area (Å²) < 4.78 is 0. The molecule has 9 heteroatoms. The molecule has 1 aliphatic rings. The lowest BCUT2D eigenvalue weighted by Gasteiger charge is -2.12. The van der Waals surface area contributed by atoms with Crippen molar-refractivity contribution >= 4 is 28.5 Å². The molecule has 0 aliphatic heterocycles. The van der Waals surface area contributed by atoms with E-state index >= 15 is 0 Å². The summed E-state index contributed by atoms with van der Waals surface area (Å²) in [4.78, 5) is 33.6. The van der Waals surface area contributed by atoms with Gasteiger partial charge in [-0.2, -0.15) is 5.10 Å². The van der Waals surface area contributed by atoms with Crippen molar-refractivity contribution < 1.29 is 19.6 Å². The summed E-state index contributed by atoms with van der Waals surface area (Å²) in [6.07, 6.45) is 1.51. The van der Waals surface area contributed by atoms with E-state index in [9.17, 15) is 19.7 Å². The molecule has 1 aliphatic carbocycles. The van der Waals surface area contributed by atoms with Gasteiger partial charge in [-0.15, -0.1) is 0 Å². The van der Waals surface area contributed by atoms with Gasteiger partial charge in [0.25, 0.3) is 11.6 Å². The first-order chi connectivity index (χ1) is 10.5. The number of aromatic nitrogens is 2. The van der Waals surface area contributed by atoms with Crippen LogP contribution in [-0.2, 0) is 4.79 Å². The number of fused-ring (bicyclic) bond motifs is 1. The number of benzene rings is 1. The van der Waals surface area contributed by atoms with E-state index < -0.39 is 22.8 Å². The normalized spacial score (nSPS) is 15.5. The molecule has 1 amide bonds. The van der Waals surface area contributed by atoms with Crippen molar-refractivity contribution in [2.45, 2.75) is 18.9 Å². The molecule has 0 bridgehead atoms. The number of nitrogens with zero attached hydrogens (tertiary/aromatic N) is 2. The number of aliphatic carboxylic acids is 1. The SMILES string of the molecule is O=C(NC(C(=O)O)C1CC1)c1n[nH]c2ccc([N+](=O)[O-])cc12. The van der Waals surface area contributed by atoms with Crippen molar-refractivity contribution in [3.8, 4) is 0 Å². The Morgan fingerprint density at radius 2 is 2.18 bits per heavy atom. The predicted octanol–water partition coefficient (Wildman–Crippen LogP) is 1.06. The van der Waals surface area contributed by atoms with Crippen LogP contribution >= 0.6 is 0 Å². The molecule has 114 valence electrons. The maximum Gasteiger partial charge on any atom is 0.326 e. The van der Waals surface area contributed by atoms with Crippen LogP contribution in [0.4, 0.5) is 5.69 Å². The largest absolute Gasteiger partial charge is 0.480 e. The highest BCUT2D eigenvalue weighted by atomic mass is 16.6. The fourth-order valence-electron chi connectivity index (χ4n) is 2.31. The average Bonchev–Trinajstić information content (AvgIpc) is 3.22. The van der Waals surface area contributed by atoms with Crippen molar-refractivity contribution in [1.82, 2.24) is 15.5 Å². The van der Waals surface area contributed by atoms with Gasteiger partial charge in [-0.05, 0) is 24.8 Å². The summed E-state index contributed by atoms with van der Waals surface area (Å²) in [5, 5.41) is 29.1. The molecule has 1 unspecified atom stereocenters. The van der Waals surface area contributed by atoms with Crippen LogP contribution in [0.15, 0.2) is 18.2 Å². The number of nitro benzene ring substituents is 1. The number of rotatable bonds is 5. The molecule has 0 radical (unpaired) electrons. The molecule has 1 saturated carbocycles. The van der Waals surface area contributed by atoms with Gasteiger partial charge in [-0.3, -0.25) is 20.0 Å². The fraction of sp³-hybridized carbons (Fsp3) is 0.308. The highest BCUT2D eigenvalue weighted by Crippen LogP contribution is 2.33. The highest BCUT2D eigenvalue weighted by molar-refractivity contribution is 6.06. The minimum Gasteiger partial charge on any atom is -0.480 e. The summed E-state index contributed by atoms with van der Waals surface area (Å²) in [6, 6.07) is 3.03. The smallest absolute Gasteiger partial charge is 0.326 e. The zero-order chi connectivity index (χ0) is 15.9. The number of non-ortho nitro benzene ring substituents is 1. The molecule has 2 aromatic rings. The molecule has 1 heterocycles. The number of amides is 1. The monoisotopic (exact) mass is 304 g/mol. The van der Waals surface area contributed by atoms with Crippen LogP contribution in [0.3, 0.4) is 0 Å². The van der Waals surface area contributed by atoms with Crippen molar-refractivity contribution in [1.29, 1.82) is 0 Å². The van der Waals surface area contributed by atoms with E-state index in [1.807, 2.05) is 0 Å². The summed E-state index contributed by atoms with van der Waals surface area (Å²) in [7, 11) is 0. The van der Waals surface area contributed by atoms with Gasteiger partial charge < -0.3 is 10.4 Å². The second-order valence-corrected chi connectivity index (χ2v) is 5.19. The van der Waals surface area contributed by atoms with Gasteiger partial charge in [-0.25, -0.2) is 4.79 Å². The molecular weight excluding hydrogens is 292 g/mol. The number of nitro groups is 1. The lowest BCUT2D eigenvalue weighted by molar-refractivity contribution is -0.384. The van der Waals surface area contributed by atoms with Gasteiger partial charge in [0, 0.05) is 17.5 Å². The van der Waals surface area contributed by atoms with Crippen LogP contribution in [0.25, 0.3) is 10.9 Å². The summed E-state index contributed by atoms with van der Waals surface area (Å²) >= 11 is 0. The summed E-state index contributed by atoms with van der Waals surface area (Å²) in [5.41, 5.74) is 0.250. The first-order valence-electron chi connectivity index (χ1n) is 6.63. The zero-order valence-corrected chi connectivity index (χ0v) is 11.3. The molecular formula is C13H12N4O5. The zero-order valence-electron chi connectivity index (χ0n) is 11.3. The Morgan fingerprint density at radius 3 is 2.77 bits per heavy atom. The van der Waals surface area contributed by atoms with Gasteiger partial charge in [0.2, 0.25) is 0 Å². The van der Waals surface area contributed by atoms with E-state index in [-0.39, 0.29) is 22.7 Å². The van der Waals surface area contributed by atoms with Crippen molar-refractivity contribution in [2.75, 3.05) is 0 Å². The number of hydrogen-bond acceptors (Lipinski definition) is 5. The minimum atomic E-state index is -1.10. The highest BCUT2D eigenvalue weighted by Gasteiger charge is 2.37. The molecule has 22 heavy (non-hydrogen) atoms. The molecule has 0 spiro atoms. The summed E-state index contributed by atoms with van der Waals surface area (Å²) in [6.45, 7) is 0. The molecule has 3 N–H and O–H groups in total. The van der Waals surface area contributed by atoms with Gasteiger partial charge in [0.05, 0.1) is 10.4 Å². The van der Waals surface area contributed by atoms with E-state index in [2.05, 4.69) is 15.5 Å². The molecule has 9 nitrogen and oxygen atoms in total. The van der Waals surface area contributed by atoms with Crippen LogP contribution in [0.1, 0.15) is 23.3 Å². The third-order valence-electron chi connectivity index (χ3n) is 3.62. The Kier molecular flexibility index (Phi) is 3.24. The van der Waals surface area contributed by atoms with Gasteiger partial charge in [0.1, 0.15) is 6.04 Å². The molecule has 3 rings (SSSR count). The Bertz CT molecular complexity index is 780. The van der Waals surface area contributed by atoms with Gasteiger partial charge in [0.15, 0.2) is 5.69 Å². The van der Waals surface area contributed by atoms with E-state index in [1.54, 1.807) is 0 Å². The van der Waals surface area contributed by atoms with Crippen molar-refractivity contribution in [3.05, 3.63) is 34.0 Å². The van der Waals surface area contributed by atoms with Gasteiger partial charge in [-0.1, -0.05) is 0 Å². The average molecular weight is 304 g/mol. The van der Waals surface area contributed by atoms with E-state index in [4.69, 9.17) is 5.11 Å². The second kappa shape index (κ2) is 5.10. The maximum atomic E-state index is 12.2. The maximum absolute atomic E-state index is 12.2. The Balaban J connectivity index is 1.91. The topological polar surface area (TPSA) is 138 Å². The number of carboxylic acids is 1. The van der Waals surface area contributed by atoms with Crippen LogP contribution < -0.4 is 5.32 Å². The Labute approximate surface area is 123 Å². The fourth-order valence-corrected chi connectivity index (χ4v) is 2.31. The Morgan fingerprint density at radius 1 is 1.45 bits per heavy atom. The first-order valence-corrected chi connectivity index (χ1v) is 6.63. The second-order valence-electron chi connectivity index (χ2n) is 5.19. The number of carboxylic acid groups (broad SMARTS) is 1. The van der Waals surface area contributed by atoms with E-state index in [0.29, 0.717) is 5.52 Å². The van der Waals surface area contributed by atoms with Crippen LogP contribution in [0, 0.1) is 16.0 Å². The molecule has 1 aromatic carbocycles. The number of nitrogens with one attached hydrogen (secondary N) is 2. The number of carbonyl (C=O) groups excluding carboxylic acids is 1. The molecule has 1 aromatic heterocycles. The quantitative estimate of drug-likeness (QED) is 0.557. The molecule has 1 atom stereocenters. The molecule has 1 fully saturated rings. The predicted molar refractivity (Wildman–Crippen MR) is 74.4 cm³/mol. The number of hydrogen-bond donors (Lipinski definition) is 3. The lowest BCUT2D eigenvalue weighted by atomic mass is 10.1. The number of aromatic amines is 1. The van der Waals surface area contributed by atoms with Crippen LogP contribution in [0.2, 0.25) is 0 Å². The van der Waals surface area contributed by atoms with E-state index in [1.165, 1.54) is 18.2 Å².